The van der Waals surface area contributed by atoms with Gasteiger partial charge < -0.3 is 10.6 Å². The number of hydrogen-bond acceptors (Lipinski definition) is 3. The third-order valence-electron chi connectivity index (χ3n) is 3.55. The predicted molar refractivity (Wildman–Crippen MR) is 66.2 cm³/mol. The van der Waals surface area contributed by atoms with Crippen molar-refractivity contribution in [3.8, 4) is 0 Å². The van der Waals surface area contributed by atoms with Crippen LogP contribution in [0.5, 0.6) is 0 Å². The second-order valence-corrected chi connectivity index (χ2v) is 5.85. The number of aryl methyl sites for hydroxylation is 1. The van der Waals surface area contributed by atoms with Gasteiger partial charge in [0.2, 0.25) is 0 Å². The summed E-state index contributed by atoms with van der Waals surface area (Å²) in [6, 6.07) is 2.73. The van der Waals surface area contributed by atoms with Gasteiger partial charge in [-0.3, -0.25) is 0 Å². The Morgan fingerprint density at radius 3 is 2.53 bits per heavy atom. The smallest absolute Gasteiger partial charge is 0.0506 e. The van der Waals surface area contributed by atoms with Gasteiger partial charge in [0, 0.05) is 10.3 Å². The lowest BCUT2D eigenvalue weighted by Gasteiger charge is -2.31. The Labute approximate surface area is 96.1 Å². The molecule has 15 heavy (non-hydrogen) atoms. The maximum absolute atomic E-state index is 5.94. The van der Waals surface area contributed by atoms with Crippen molar-refractivity contribution in [3.05, 3.63) is 21.9 Å². The Morgan fingerprint density at radius 1 is 1.53 bits per heavy atom. The second-order valence-electron chi connectivity index (χ2n) is 4.90. The molecule has 3 heteroatoms. The third kappa shape index (κ3) is 1.84. The molecule has 0 saturated heterocycles. The van der Waals surface area contributed by atoms with Crippen LogP contribution in [0.1, 0.15) is 29.3 Å². The molecule has 0 bridgehead atoms. The van der Waals surface area contributed by atoms with Crippen molar-refractivity contribution in [1.82, 2.24) is 4.90 Å². The van der Waals surface area contributed by atoms with E-state index >= 15 is 0 Å². The first-order valence-electron chi connectivity index (χ1n) is 5.51. The molecule has 1 fully saturated rings. The highest BCUT2D eigenvalue weighted by Crippen LogP contribution is 2.57. The van der Waals surface area contributed by atoms with Crippen LogP contribution in [-0.2, 0) is 0 Å². The molecule has 1 unspecified atom stereocenters. The molecule has 0 aliphatic heterocycles. The van der Waals surface area contributed by atoms with E-state index < -0.39 is 0 Å². The van der Waals surface area contributed by atoms with E-state index in [0.29, 0.717) is 11.5 Å². The van der Waals surface area contributed by atoms with Crippen LogP contribution in [0.2, 0.25) is 0 Å². The van der Waals surface area contributed by atoms with E-state index in [9.17, 15) is 0 Å². The predicted octanol–water partition coefficient (Wildman–Crippen LogP) is 2.40. The molecule has 1 aromatic heterocycles. The SMILES string of the molecule is Cc1ccsc1C(N(C)C)C1(CN)CC1. The quantitative estimate of drug-likeness (QED) is 0.851. The van der Waals surface area contributed by atoms with Crippen molar-refractivity contribution in [2.24, 2.45) is 11.1 Å². The molecule has 1 aromatic rings. The molecule has 1 atom stereocenters. The van der Waals surface area contributed by atoms with E-state index in [1.165, 1.54) is 23.3 Å². The zero-order chi connectivity index (χ0) is 11.1. The van der Waals surface area contributed by atoms with E-state index in [1.54, 1.807) is 0 Å². The summed E-state index contributed by atoms with van der Waals surface area (Å²) in [6.45, 7) is 3.02. The van der Waals surface area contributed by atoms with Crippen molar-refractivity contribution in [3.63, 3.8) is 0 Å². The van der Waals surface area contributed by atoms with Crippen molar-refractivity contribution in [1.29, 1.82) is 0 Å². The number of thiophene rings is 1. The first kappa shape index (κ1) is 11.1. The van der Waals surface area contributed by atoms with Gasteiger partial charge >= 0.3 is 0 Å². The Hall–Kier alpha value is -0.380. The van der Waals surface area contributed by atoms with E-state index in [1.807, 2.05) is 11.3 Å². The van der Waals surface area contributed by atoms with Gasteiger partial charge in [0.05, 0.1) is 6.04 Å². The molecule has 1 saturated carbocycles. The molecular weight excluding hydrogens is 204 g/mol. The minimum Gasteiger partial charge on any atom is -0.330 e. The molecule has 2 rings (SSSR count). The lowest BCUT2D eigenvalue weighted by molar-refractivity contribution is 0.201. The normalized spacial score (nSPS) is 20.6. The van der Waals surface area contributed by atoms with Gasteiger partial charge in [0.1, 0.15) is 0 Å². The molecule has 2 nitrogen and oxygen atoms in total. The topological polar surface area (TPSA) is 29.3 Å². The Balaban J connectivity index is 2.33. The molecule has 1 heterocycles. The third-order valence-corrected chi connectivity index (χ3v) is 4.62. The largest absolute Gasteiger partial charge is 0.330 e. The molecule has 1 aliphatic carbocycles. The van der Waals surface area contributed by atoms with Gasteiger partial charge in [-0.05, 0) is 57.4 Å². The molecule has 0 radical (unpaired) electrons. The summed E-state index contributed by atoms with van der Waals surface area (Å²) < 4.78 is 0. The van der Waals surface area contributed by atoms with Gasteiger partial charge in [-0.2, -0.15) is 0 Å². The molecule has 0 spiro atoms. The minimum absolute atomic E-state index is 0.360. The summed E-state index contributed by atoms with van der Waals surface area (Å²) >= 11 is 1.87. The Bertz CT molecular complexity index is 339. The van der Waals surface area contributed by atoms with Gasteiger partial charge in [-0.1, -0.05) is 0 Å². The van der Waals surface area contributed by atoms with Crippen LogP contribution >= 0.6 is 11.3 Å². The van der Waals surface area contributed by atoms with Crippen molar-refractivity contribution in [2.45, 2.75) is 25.8 Å². The van der Waals surface area contributed by atoms with Crippen LogP contribution in [0.25, 0.3) is 0 Å². The second kappa shape index (κ2) is 3.89. The number of nitrogens with two attached hydrogens (primary N) is 1. The van der Waals surface area contributed by atoms with Gasteiger partial charge in [-0.15, -0.1) is 11.3 Å². The molecule has 0 aromatic carbocycles. The van der Waals surface area contributed by atoms with Crippen molar-refractivity contribution < 1.29 is 0 Å². The average molecular weight is 224 g/mol. The molecule has 0 amide bonds. The van der Waals surface area contributed by atoms with Crippen LogP contribution in [0.15, 0.2) is 11.4 Å². The Morgan fingerprint density at radius 2 is 2.20 bits per heavy atom. The van der Waals surface area contributed by atoms with E-state index in [-0.39, 0.29) is 0 Å². The van der Waals surface area contributed by atoms with Crippen LogP contribution < -0.4 is 5.73 Å². The minimum atomic E-state index is 0.360. The first-order valence-corrected chi connectivity index (χ1v) is 6.39. The fraction of sp³-hybridized carbons (Fsp3) is 0.667. The summed E-state index contributed by atoms with van der Waals surface area (Å²) in [5, 5.41) is 2.19. The summed E-state index contributed by atoms with van der Waals surface area (Å²) in [5.41, 5.74) is 7.72. The number of hydrogen-bond donors (Lipinski definition) is 1. The summed E-state index contributed by atoms with van der Waals surface area (Å²) in [4.78, 5) is 3.83. The monoisotopic (exact) mass is 224 g/mol. The van der Waals surface area contributed by atoms with Gasteiger partial charge in [0.15, 0.2) is 0 Å². The number of rotatable bonds is 4. The Kier molecular flexibility index (Phi) is 2.88. The summed E-state index contributed by atoms with van der Waals surface area (Å²) in [5.74, 6) is 0. The lowest BCUT2D eigenvalue weighted by atomic mass is 9.92. The summed E-state index contributed by atoms with van der Waals surface area (Å²) in [7, 11) is 4.33. The van der Waals surface area contributed by atoms with Crippen LogP contribution in [-0.4, -0.2) is 25.5 Å². The summed E-state index contributed by atoms with van der Waals surface area (Å²) in [6.07, 6.45) is 2.56. The lowest BCUT2D eigenvalue weighted by Crippen LogP contribution is -2.33. The molecule has 2 N–H and O–H groups in total. The molecular formula is C12H20N2S. The van der Waals surface area contributed by atoms with E-state index in [0.717, 1.165) is 6.54 Å². The average Bonchev–Trinajstić information content (AvgIpc) is 2.86. The fourth-order valence-corrected chi connectivity index (χ4v) is 3.74. The van der Waals surface area contributed by atoms with Gasteiger partial charge in [0.25, 0.3) is 0 Å². The van der Waals surface area contributed by atoms with Crippen LogP contribution in [0.3, 0.4) is 0 Å². The van der Waals surface area contributed by atoms with Crippen LogP contribution in [0, 0.1) is 12.3 Å². The highest BCUT2D eigenvalue weighted by molar-refractivity contribution is 7.10. The molecule has 84 valence electrons. The number of nitrogens with zero attached hydrogens (tertiary/aromatic N) is 1. The zero-order valence-corrected chi connectivity index (χ0v) is 10.6. The van der Waals surface area contributed by atoms with Crippen LogP contribution in [0.4, 0.5) is 0 Å². The van der Waals surface area contributed by atoms with Crippen molar-refractivity contribution in [2.75, 3.05) is 20.6 Å². The maximum atomic E-state index is 5.94. The van der Waals surface area contributed by atoms with Gasteiger partial charge in [-0.25, -0.2) is 0 Å². The van der Waals surface area contributed by atoms with E-state index in [4.69, 9.17) is 5.73 Å². The maximum Gasteiger partial charge on any atom is 0.0506 e. The van der Waals surface area contributed by atoms with Crippen molar-refractivity contribution >= 4 is 11.3 Å². The fourth-order valence-electron chi connectivity index (χ4n) is 2.47. The molecule has 1 aliphatic rings. The standard InChI is InChI=1S/C12H20N2S/c1-9-4-7-15-10(9)11(14(2)3)12(8-13)5-6-12/h4,7,11H,5-6,8,13H2,1-3H3. The highest BCUT2D eigenvalue weighted by Gasteiger charge is 2.50. The van der Waals surface area contributed by atoms with E-state index in [2.05, 4.69) is 37.4 Å². The highest BCUT2D eigenvalue weighted by atomic mass is 32.1. The zero-order valence-electron chi connectivity index (χ0n) is 9.79. The first-order chi connectivity index (χ1) is 7.10.